The molecule has 2 heterocycles. The van der Waals surface area contributed by atoms with Gasteiger partial charge in [0.1, 0.15) is 0 Å². The van der Waals surface area contributed by atoms with E-state index in [2.05, 4.69) is 5.32 Å². The first-order valence-corrected chi connectivity index (χ1v) is 5.61. The summed E-state index contributed by atoms with van der Waals surface area (Å²) in [5, 5.41) is 13.5. The van der Waals surface area contributed by atoms with Crippen LogP contribution in [0.15, 0.2) is 12.1 Å². The fourth-order valence-electron chi connectivity index (χ4n) is 1.32. The van der Waals surface area contributed by atoms with Crippen LogP contribution in [0.25, 0.3) is 0 Å². The molecule has 0 spiro atoms. The molecule has 1 aliphatic heterocycles. The maximum absolute atomic E-state index is 9.18. The zero-order valence-electron chi connectivity index (χ0n) is 7.62. The van der Waals surface area contributed by atoms with Crippen LogP contribution in [0.1, 0.15) is 0 Å². The number of rotatable bonds is 4. The van der Waals surface area contributed by atoms with E-state index in [-0.39, 0.29) is 12.0 Å². The molecule has 2 rings (SSSR count). The van der Waals surface area contributed by atoms with Gasteiger partial charge in [0.25, 0.3) is 0 Å². The van der Waals surface area contributed by atoms with Gasteiger partial charge in [0, 0.05) is 6.54 Å². The third-order valence-electron chi connectivity index (χ3n) is 2.36. The molecule has 78 valence electrons. The van der Waals surface area contributed by atoms with E-state index in [1.807, 2.05) is 12.1 Å². The van der Waals surface area contributed by atoms with Crippen molar-refractivity contribution in [1.82, 2.24) is 0 Å². The Morgan fingerprint density at radius 3 is 2.79 bits per heavy atom. The van der Waals surface area contributed by atoms with Crippen LogP contribution >= 0.6 is 22.9 Å². The average Bonchev–Trinajstić information content (AvgIpc) is 2.50. The number of hydrogen-bond acceptors (Lipinski definition) is 4. The number of halogens is 1. The Morgan fingerprint density at radius 2 is 2.36 bits per heavy atom. The molecule has 2 N–H and O–H groups in total. The minimum atomic E-state index is -0.0868. The summed E-state index contributed by atoms with van der Waals surface area (Å²) in [6.07, 6.45) is 0. The van der Waals surface area contributed by atoms with E-state index in [0.717, 1.165) is 15.9 Å². The molecule has 0 aromatic carbocycles. The van der Waals surface area contributed by atoms with Crippen molar-refractivity contribution >= 4 is 27.9 Å². The molecule has 0 radical (unpaired) electrons. The molecule has 1 fully saturated rings. The highest BCUT2D eigenvalue weighted by molar-refractivity contribution is 7.19. The van der Waals surface area contributed by atoms with E-state index in [4.69, 9.17) is 16.3 Å². The van der Waals surface area contributed by atoms with Crippen molar-refractivity contribution in [2.75, 3.05) is 31.7 Å². The summed E-state index contributed by atoms with van der Waals surface area (Å²) in [4.78, 5) is 0. The van der Waals surface area contributed by atoms with Crippen LogP contribution in [0.4, 0.5) is 5.00 Å². The second kappa shape index (κ2) is 4.06. The largest absolute Gasteiger partial charge is 0.396 e. The van der Waals surface area contributed by atoms with Crippen molar-refractivity contribution < 1.29 is 9.84 Å². The highest BCUT2D eigenvalue weighted by atomic mass is 35.5. The van der Waals surface area contributed by atoms with Crippen molar-refractivity contribution in [1.29, 1.82) is 0 Å². The van der Waals surface area contributed by atoms with Gasteiger partial charge in [0.05, 0.1) is 34.6 Å². The van der Waals surface area contributed by atoms with E-state index in [9.17, 15) is 5.11 Å². The lowest BCUT2D eigenvalue weighted by Gasteiger charge is -2.39. The summed E-state index contributed by atoms with van der Waals surface area (Å²) in [6.45, 7) is 2.17. The van der Waals surface area contributed by atoms with Gasteiger partial charge in [-0.25, -0.2) is 0 Å². The smallest absolute Gasteiger partial charge is 0.0950 e. The van der Waals surface area contributed by atoms with Crippen LogP contribution < -0.4 is 5.32 Å². The van der Waals surface area contributed by atoms with Crippen LogP contribution in [0.5, 0.6) is 0 Å². The quantitative estimate of drug-likeness (QED) is 0.834. The molecule has 3 nitrogen and oxygen atoms in total. The van der Waals surface area contributed by atoms with Crippen LogP contribution in [0.2, 0.25) is 4.34 Å². The lowest BCUT2D eigenvalue weighted by atomic mass is 9.87. The van der Waals surface area contributed by atoms with E-state index < -0.39 is 0 Å². The zero-order valence-corrected chi connectivity index (χ0v) is 9.20. The van der Waals surface area contributed by atoms with Gasteiger partial charge in [0.15, 0.2) is 0 Å². The molecule has 0 bridgehead atoms. The Bertz CT molecular complexity index is 306. The van der Waals surface area contributed by atoms with Crippen LogP contribution in [0.3, 0.4) is 0 Å². The molecule has 14 heavy (non-hydrogen) atoms. The first-order chi connectivity index (χ1) is 6.74. The third kappa shape index (κ3) is 2.03. The Labute approximate surface area is 91.7 Å². The average molecular weight is 234 g/mol. The molecule has 0 amide bonds. The molecule has 1 saturated heterocycles. The number of aliphatic hydroxyl groups is 1. The van der Waals surface area contributed by atoms with E-state index >= 15 is 0 Å². The van der Waals surface area contributed by atoms with Gasteiger partial charge in [0.2, 0.25) is 0 Å². The topological polar surface area (TPSA) is 41.5 Å². The predicted octanol–water partition coefficient (Wildman–Crippen LogP) is 1.82. The maximum Gasteiger partial charge on any atom is 0.0950 e. The van der Waals surface area contributed by atoms with Gasteiger partial charge < -0.3 is 15.2 Å². The van der Waals surface area contributed by atoms with Crippen molar-refractivity contribution in [3.05, 3.63) is 16.5 Å². The Balaban J connectivity index is 1.87. The monoisotopic (exact) mass is 233 g/mol. The Hall–Kier alpha value is -0.290. The van der Waals surface area contributed by atoms with E-state index in [1.165, 1.54) is 11.3 Å². The first-order valence-electron chi connectivity index (χ1n) is 4.42. The summed E-state index contributed by atoms with van der Waals surface area (Å²) < 4.78 is 5.87. The van der Waals surface area contributed by atoms with Crippen molar-refractivity contribution in [3.63, 3.8) is 0 Å². The van der Waals surface area contributed by atoms with Crippen molar-refractivity contribution in [3.8, 4) is 0 Å². The SMILES string of the molecule is OCC1(CNc2ccc(Cl)s2)COC1. The van der Waals surface area contributed by atoms with Crippen LogP contribution in [-0.2, 0) is 4.74 Å². The molecule has 0 unspecified atom stereocenters. The Kier molecular flexibility index (Phi) is 2.97. The summed E-state index contributed by atoms with van der Waals surface area (Å²) in [5.41, 5.74) is -0.0868. The van der Waals surface area contributed by atoms with Gasteiger partial charge in [-0.3, -0.25) is 0 Å². The summed E-state index contributed by atoms with van der Waals surface area (Å²) in [7, 11) is 0. The number of thiophene rings is 1. The van der Waals surface area contributed by atoms with Gasteiger partial charge in [-0.05, 0) is 12.1 Å². The number of anilines is 1. The van der Waals surface area contributed by atoms with Gasteiger partial charge >= 0.3 is 0 Å². The number of nitrogens with one attached hydrogen (secondary N) is 1. The summed E-state index contributed by atoms with van der Waals surface area (Å²) in [6, 6.07) is 3.80. The first kappa shape index (κ1) is 10.2. The fraction of sp³-hybridized carbons (Fsp3) is 0.556. The second-order valence-corrected chi connectivity index (χ2v) is 5.32. The molecule has 5 heteroatoms. The molecule has 1 aromatic heterocycles. The van der Waals surface area contributed by atoms with E-state index in [1.54, 1.807) is 0 Å². The van der Waals surface area contributed by atoms with E-state index in [0.29, 0.717) is 13.2 Å². The summed E-state index contributed by atoms with van der Waals surface area (Å²) in [5.74, 6) is 0. The minimum Gasteiger partial charge on any atom is -0.396 e. The number of aliphatic hydroxyl groups excluding tert-OH is 1. The van der Waals surface area contributed by atoms with Crippen molar-refractivity contribution in [2.24, 2.45) is 5.41 Å². The molecule has 0 aliphatic carbocycles. The molecular weight excluding hydrogens is 222 g/mol. The Morgan fingerprint density at radius 1 is 1.57 bits per heavy atom. The molecular formula is C9H12ClNO2S. The third-order valence-corrected chi connectivity index (χ3v) is 3.55. The van der Waals surface area contributed by atoms with Crippen LogP contribution in [-0.4, -0.2) is 31.5 Å². The summed E-state index contributed by atoms with van der Waals surface area (Å²) >= 11 is 7.30. The second-order valence-electron chi connectivity index (χ2n) is 3.61. The molecule has 0 atom stereocenters. The molecule has 1 aromatic rings. The molecule has 1 aliphatic rings. The fourth-order valence-corrected chi connectivity index (χ4v) is 2.26. The molecule has 0 saturated carbocycles. The number of ether oxygens (including phenoxy) is 1. The standard InChI is InChI=1S/C9H12ClNO2S/c10-7-1-2-8(14-7)11-3-9(4-12)5-13-6-9/h1-2,11-12H,3-6H2. The van der Waals surface area contributed by atoms with Gasteiger partial charge in [-0.2, -0.15) is 0 Å². The predicted molar refractivity (Wildman–Crippen MR) is 58.2 cm³/mol. The normalized spacial score (nSPS) is 19.0. The van der Waals surface area contributed by atoms with Gasteiger partial charge in [-0.1, -0.05) is 11.6 Å². The highest BCUT2D eigenvalue weighted by Crippen LogP contribution is 2.30. The lowest BCUT2D eigenvalue weighted by molar-refractivity contribution is -0.128. The van der Waals surface area contributed by atoms with Crippen LogP contribution in [0, 0.1) is 5.41 Å². The zero-order chi connectivity index (χ0) is 10.0. The number of hydrogen-bond donors (Lipinski definition) is 2. The minimum absolute atomic E-state index is 0.0868. The lowest BCUT2D eigenvalue weighted by Crippen LogP contribution is -2.50. The highest BCUT2D eigenvalue weighted by Gasteiger charge is 2.37. The van der Waals surface area contributed by atoms with Crippen molar-refractivity contribution in [2.45, 2.75) is 0 Å². The maximum atomic E-state index is 9.18. The van der Waals surface area contributed by atoms with Gasteiger partial charge in [-0.15, -0.1) is 11.3 Å².